The van der Waals surface area contributed by atoms with E-state index in [1.807, 2.05) is 54.3 Å². The molecule has 112 valence electrons. The molecule has 0 spiro atoms. The smallest absolute Gasteiger partial charge is 0.119 e. The minimum absolute atomic E-state index is 0.368. The summed E-state index contributed by atoms with van der Waals surface area (Å²) in [7, 11) is 1.97. The third-order valence-electron chi connectivity index (χ3n) is 3.46. The van der Waals surface area contributed by atoms with Gasteiger partial charge < -0.3 is 13.1 Å². The topological polar surface area (TPSA) is 30.5 Å². The zero-order valence-electron chi connectivity index (χ0n) is 12.3. The van der Waals surface area contributed by atoms with Crippen LogP contribution in [0.25, 0.3) is 0 Å². The number of hydrogen-bond donors (Lipinski definition) is 1. The Morgan fingerprint density at radius 3 is 2.10 bits per heavy atom. The third-order valence-corrected chi connectivity index (χ3v) is 3.77. The fourth-order valence-corrected chi connectivity index (χ4v) is 2.34. The van der Waals surface area contributed by atoms with Crippen molar-refractivity contribution in [3.05, 3.63) is 65.2 Å². The van der Waals surface area contributed by atoms with Crippen molar-refractivity contribution in [2.75, 3.05) is 7.05 Å². The molecule has 1 unspecified atom stereocenters. The van der Waals surface area contributed by atoms with Crippen LogP contribution in [0.4, 0.5) is 0 Å². The summed E-state index contributed by atoms with van der Waals surface area (Å²) in [6, 6.07) is 16.9. The third kappa shape index (κ3) is 4.98. The van der Waals surface area contributed by atoms with Crippen molar-refractivity contribution in [1.82, 2.24) is 5.32 Å². The zero-order chi connectivity index (χ0) is 15.1. The Balaban J connectivity index is 1.90. The van der Waals surface area contributed by atoms with Gasteiger partial charge in [0.2, 0.25) is 0 Å². The maximum absolute atomic E-state index is 5.79. The first-order valence-corrected chi connectivity index (χ1v) is 7.82. The van der Waals surface area contributed by atoms with Gasteiger partial charge in [0, 0.05) is 6.04 Å². The van der Waals surface area contributed by atoms with Gasteiger partial charge in [-0.3, -0.25) is 0 Å². The van der Waals surface area contributed by atoms with Gasteiger partial charge >= 0.3 is 0 Å². The number of benzene rings is 2. The van der Waals surface area contributed by atoms with Crippen LogP contribution in [0.15, 0.2) is 48.5 Å². The fourth-order valence-electron chi connectivity index (χ4n) is 1.98. The minimum atomic E-state index is 0.368. The van der Waals surface area contributed by atoms with Crippen LogP contribution in [-0.4, -0.2) is 7.05 Å². The van der Waals surface area contributed by atoms with Crippen LogP contribution in [-0.2, 0) is 16.3 Å². The summed E-state index contributed by atoms with van der Waals surface area (Å²) in [5.41, 5.74) is 3.59. The molecule has 0 aliphatic rings. The number of ether oxygens (including phenoxy) is 1. The summed E-state index contributed by atoms with van der Waals surface area (Å²) >= 11 is 1.90. The molecule has 0 heterocycles. The van der Waals surface area contributed by atoms with E-state index < -0.39 is 0 Å². The molecular formula is C17H20INO2. The molecule has 4 heteroatoms. The summed E-state index contributed by atoms with van der Waals surface area (Å²) in [5, 5.41) is 3.23. The van der Waals surface area contributed by atoms with E-state index in [2.05, 4.69) is 36.5 Å². The van der Waals surface area contributed by atoms with Crippen molar-refractivity contribution in [2.24, 2.45) is 0 Å². The lowest BCUT2D eigenvalue weighted by molar-refractivity contribution is 0.306. The molecule has 0 saturated carbocycles. The molecule has 2 rings (SSSR count). The van der Waals surface area contributed by atoms with E-state index >= 15 is 0 Å². The molecule has 0 aliphatic carbocycles. The van der Waals surface area contributed by atoms with Gasteiger partial charge in [0.05, 0.1) is 6.61 Å². The molecular weight excluding hydrogens is 377 g/mol. The summed E-state index contributed by atoms with van der Waals surface area (Å²) in [5.74, 6) is 0.875. The quantitative estimate of drug-likeness (QED) is 0.702. The van der Waals surface area contributed by atoms with Crippen molar-refractivity contribution in [3.8, 4) is 5.75 Å². The Morgan fingerprint density at radius 2 is 1.52 bits per heavy atom. The Hall–Kier alpha value is -1.11. The highest BCUT2D eigenvalue weighted by atomic mass is 127. The van der Waals surface area contributed by atoms with Gasteiger partial charge in [-0.25, -0.2) is 0 Å². The van der Waals surface area contributed by atoms with Crippen LogP contribution >= 0.6 is 23.0 Å². The van der Waals surface area contributed by atoms with Gasteiger partial charge in [0.1, 0.15) is 35.4 Å². The summed E-state index contributed by atoms with van der Waals surface area (Å²) in [6.07, 6.45) is 0. The number of nitrogens with one attached hydrogen (secondary N) is 1. The van der Waals surface area contributed by atoms with Gasteiger partial charge in [-0.2, -0.15) is 0 Å². The number of rotatable bonds is 7. The van der Waals surface area contributed by atoms with Crippen molar-refractivity contribution in [1.29, 1.82) is 0 Å². The first kappa shape index (κ1) is 16.3. The molecule has 0 saturated heterocycles. The normalized spacial score (nSPS) is 12.1. The van der Waals surface area contributed by atoms with Gasteiger partial charge in [-0.15, -0.1) is 0 Å². The first-order chi connectivity index (χ1) is 10.2. The van der Waals surface area contributed by atoms with E-state index in [9.17, 15) is 0 Å². The van der Waals surface area contributed by atoms with Gasteiger partial charge in [0.15, 0.2) is 0 Å². The highest BCUT2D eigenvalue weighted by Crippen LogP contribution is 2.17. The molecule has 0 aliphatic heterocycles. The summed E-state index contributed by atoms with van der Waals surface area (Å²) in [4.78, 5) is 0. The molecule has 0 radical (unpaired) electrons. The molecule has 21 heavy (non-hydrogen) atoms. The zero-order valence-corrected chi connectivity index (χ0v) is 14.5. The molecule has 3 nitrogen and oxygen atoms in total. The van der Waals surface area contributed by atoms with E-state index in [0.717, 1.165) is 11.3 Å². The van der Waals surface area contributed by atoms with Crippen LogP contribution < -0.4 is 10.1 Å². The Labute approximate surface area is 140 Å². The van der Waals surface area contributed by atoms with E-state index in [0.29, 0.717) is 19.3 Å². The highest BCUT2D eigenvalue weighted by molar-refractivity contribution is 14.1. The van der Waals surface area contributed by atoms with Crippen LogP contribution in [0, 0.1) is 0 Å². The van der Waals surface area contributed by atoms with Gasteiger partial charge in [-0.1, -0.05) is 36.4 Å². The molecule has 0 amide bonds. The molecule has 1 atom stereocenters. The molecule has 1 N–H and O–H groups in total. The lowest BCUT2D eigenvalue weighted by Crippen LogP contribution is -2.12. The minimum Gasteiger partial charge on any atom is -0.489 e. The summed E-state index contributed by atoms with van der Waals surface area (Å²) in [6.45, 7) is 3.34. The second-order valence-corrected chi connectivity index (χ2v) is 5.56. The van der Waals surface area contributed by atoms with E-state index in [1.54, 1.807) is 0 Å². The Morgan fingerprint density at radius 1 is 0.952 bits per heavy atom. The SMILES string of the molecule is CNC(C)c1ccc(COc2ccc(COI)cc2)cc1. The van der Waals surface area contributed by atoms with E-state index in [-0.39, 0.29) is 0 Å². The highest BCUT2D eigenvalue weighted by Gasteiger charge is 2.02. The first-order valence-electron chi connectivity index (χ1n) is 6.94. The average molecular weight is 397 g/mol. The lowest BCUT2D eigenvalue weighted by Gasteiger charge is -2.12. The largest absolute Gasteiger partial charge is 0.489 e. The molecule has 2 aromatic carbocycles. The second-order valence-electron chi connectivity index (χ2n) is 4.94. The van der Waals surface area contributed by atoms with Gasteiger partial charge in [-0.05, 0) is 42.8 Å². The lowest BCUT2D eigenvalue weighted by atomic mass is 10.1. The predicted molar refractivity (Wildman–Crippen MR) is 93.5 cm³/mol. The monoisotopic (exact) mass is 397 g/mol. The molecule has 0 bridgehead atoms. The predicted octanol–water partition coefficient (Wildman–Crippen LogP) is 4.41. The molecule has 0 fully saturated rings. The van der Waals surface area contributed by atoms with Gasteiger partial charge in [0.25, 0.3) is 0 Å². The number of halogens is 1. The van der Waals surface area contributed by atoms with E-state index in [1.165, 1.54) is 11.1 Å². The Bertz CT molecular complexity index is 540. The second kappa shape index (κ2) is 8.36. The summed E-state index contributed by atoms with van der Waals surface area (Å²) < 4.78 is 10.9. The Kier molecular flexibility index (Phi) is 6.48. The van der Waals surface area contributed by atoms with Crippen molar-refractivity contribution < 1.29 is 7.80 Å². The maximum atomic E-state index is 5.79. The van der Waals surface area contributed by atoms with Crippen molar-refractivity contribution in [2.45, 2.75) is 26.2 Å². The van der Waals surface area contributed by atoms with Crippen molar-refractivity contribution >= 4 is 23.0 Å². The van der Waals surface area contributed by atoms with Crippen LogP contribution in [0.2, 0.25) is 0 Å². The van der Waals surface area contributed by atoms with E-state index in [4.69, 9.17) is 7.80 Å². The fraction of sp³-hybridized carbons (Fsp3) is 0.294. The van der Waals surface area contributed by atoms with Crippen molar-refractivity contribution in [3.63, 3.8) is 0 Å². The number of hydrogen-bond acceptors (Lipinski definition) is 3. The van der Waals surface area contributed by atoms with Crippen LogP contribution in [0.1, 0.15) is 29.7 Å². The van der Waals surface area contributed by atoms with Crippen LogP contribution in [0.3, 0.4) is 0 Å². The average Bonchev–Trinajstić information content (AvgIpc) is 2.54. The van der Waals surface area contributed by atoms with Crippen LogP contribution in [0.5, 0.6) is 5.75 Å². The maximum Gasteiger partial charge on any atom is 0.119 e. The standard InChI is InChI=1S/C17H20INO2/c1-13(19-2)16-7-3-14(4-8-16)11-20-17-9-5-15(6-10-17)12-21-18/h3-10,13,19H,11-12H2,1-2H3. The molecule has 2 aromatic rings. The molecule has 0 aromatic heterocycles.